The molecular formula is C24H33FN5OW-. The Morgan fingerprint density at radius 1 is 1.31 bits per heavy atom. The molecule has 0 radical (unpaired) electrons. The summed E-state index contributed by atoms with van der Waals surface area (Å²) < 4.78 is 13.0. The molecule has 2 aromatic rings. The van der Waals surface area contributed by atoms with Crippen LogP contribution < -0.4 is 10.2 Å². The van der Waals surface area contributed by atoms with E-state index in [0.29, 0.717) is 18.2 Å². The van der Waals surface area contributed by atoms with Crippen LogP contribution in [-0.4, -0.2) is 48.9 Å². The summed E-state index contributed by atoms with van der Waals surface area (Å²) in [5.41, 5.74) is 1.52. The summed E-state index contributed by atoms with van der Waals surface area (Å²) in [6.07, 6.45) is 3.66. The molecule has 1 fully saturated rings. The predicted octanol–water partition coefficient (Wildman–Crippen LogP) is 3.96. The van der Waals surface area contributed by atoms with Gasteiger partial charge in [0.25, 0.3) is 0 Å². The first-order valence-electron chi connectivity index (χ1n) is 10.9. The van der Waals surface area contributed by atoms with Crippen molar-refractivity contribution in [3.8, 4) is 6.07 Å². The van der Waals surface area contributed by atoms with Crippen LogP contribution in [0.5, 0.6) is 0 Å². The first-order valence-corrected chi connectivity index (χ1v) is 10.9. The summed E-state index contributed by atoms with van der Waals surface area (Å²) in [7, 11) is 0. The smallest absolute Gasteiger partial charge is 0.128 e. The maximum absolute atomic E-state index is 13.0. The number of aromatic nitrogens is 1. The number of aliphatic hydroxyl groups is 1. The van der Waals surface area contributed by atoms with Crippen LogP contribution in [0.25, 0.3) is 5.32 Å². The van der Waals surface area contributed by atoms with Crippen LogP contribution in [0.4, 0.5) is 10.2 Å². The number of nitriles is 1. The summed E-state index contributed by atoms with van der Waals surface area (Å²) in [6, 6.07) is 12.8. The molecule has 1 unspecified atom stereocenters. The van der Waals surface area contributed by atoms with E-state index in [9.17, 15) is 4.39 Å². The topological polar surface area (TPSA) is 86.3 Å². The summed E-state index contributed by atoms with van der Waals surface area (Å²) in [4.78, 5) is 6.51. The van der Waals surface area contributed by atoms with Crippen molar-refractivity contribution >= 4 is 5.82 Å². The zero-order chi connectivity index (χ0) is 22.7. The third kappa shape index (κ3) is 8.26. The minimum Gasteiger partial charge on any atom is -0.661 e. The molecule has 1 saturated carbocycles. The van der Waals surface area contributed by atoms with Crippen molar-refractivity contribution < 1.29 is 30.6 Å². The van der Waals surface area contributed by atoms with Gasteiger partial charge < -0.3 is 20.6 Å². The van der Waals surface area contributed by atoms with Gasteiger partial charge in [0.15, 0.2) is 0 Å². The van der Waals surface area contributed by atoms with Crippen molar-refractivity contribution in [3.05, 3.63) is 64.9 Å². The molecule has 1 heterocycles. The quantitative estimate of drug-likeness (QED) is 0.426. The number of halogens is 1. The fourth-order valence-corrected chi connectivity index (χ4v) is 3.51. The van der Waals surface area contributed by atoms with E-state index >= 15 is 0 Å². The van der Waals surface area contributed by atoms with Crippen LogP contribution in [0.15, 0.2) is 42.6 Å². The van der Waals surface area contributed by atoms with Crippen molar-refractivity contribution in [1.29, 1.82) is 5.26 Å². The molecule has 8 heteroatoms. The number of hydrogen-bond donors (Lipinski definition) is 2. The number of benzene rings is 1. The van der Waals surface area contributed by atoms with Crippen molar-refractivity contribution in [2.75, 3.05) is 37.7 Å². The number of hydrogen-bond acceptors (Lipinski definition) is 5. The van der Waals surface area contributed by atoms with E-state index in [-0.39, 0.29) is 39.0 Å². The molecule has 174 valence electrons. The second-order valence-corrected chi connectivity index (χ2v) is 7.62. The molecule has 6 nitrogen and oxygen atoms in total. The van der Waals surface area contributed by atoms with Gasteiger partial charge in [0.05, 0.1) is 12.2 Å². The van der Waals surface area contributed by atoms with Crippen LogP contribution in [0.2, 0.25) is 0 Å². The summed E-state index contributed by atoms with van der Waals surface area (Å²) >= 11 is 0. The number of nitrogens with one attached hydrogen (secondary N) is 1. The van der Waals surface area contributed by atoms with E-state index in [4.69, 9.17) is 10.4 Å². The number of nitrogens with zero attached hydrogens (tertiary/aromatic N) is 4. The molecule has 1 aliphatic rings. The van der Waals surface area contributed by atoms with Crippen LogP contribution in [0.1, 0.15) is 44.7 Å². The maximum Gasteiger partial charge on any atom is 0.128 e. The fraction of sp³-hybridized carbons (Fsp3) is 0.500. The number of aliphatic hydroxyl groups excluding tert-OH is 1. The van der Waals surface area contributed by atoms with Crippen LogP contribution in [-0.2, 0) is 26.6 Å². The van der Waals surface area contributed by atoms with E-state index in [0.717, 1.165) is 43.9 Å². The van der Waals surface area contributed by atoms with Crippen LogP contribution >= 0.6 is 0 Å². The SMILES string of the molecule is CC[N-]CC(C)N(CC)c1ccc(C#N)cn1.OCCNC1(c2cccc(F)c2)CC1.[W]. The second kappa shape index (κ2) is 14.3. The van der Waals surface area contributed by atoms with Gasteiger partial charge in [0.1, 0.15) is 17.7 Å². The van der Waals surface area contributed by atoms with E-state index in [2.05, 4.69) is 40.4 Å². The van der Waals surface area contributed by atoms with Crippen LogP contribution in [0.3, 0.4) is 0 Å². The number of rotatable bonds is 10. The fourth-order valence-electron chi connectivity index (χ4n) is 3.51. The molecule has 1 aromatic heterocycles. The summed E-state index contributed by atoms with van der Waals surface area (Å²) in [6.45, 7) is 9.52. The monoisotopic (exact) mass is 610 g/mol. The van der Waals surface area contributed by atoms with Gasteiger partial charge in [0, 0.05) is 51.9 Å². The standard InChI is InChI=1S/C13H19N4.C11H14FNO.W/c1-4-15-9-11(3)17(5-2)13-7-6-12(8-14)10-16-13;12-10-3-1-2-9(8-10)11(4-5-11)13-6-7-14;/h6-7,10-11H,4-5,9H2,1-3H3;1-3,8,13-14H,4-7H2;/q-1;;. The third-order valence-electron chi connectivity index (χ3n) is 5.36. The van der Waals surface area contributed by atoms with Gasteiger partial charge in [0.2, 0.25) is 0 Å². The van der Waals surface area contributed by atoms with Crippen molar-refractivity contribution in [3.63, 3.8) is 0 Å². The molecule has 1 aliphatic carbocycles. The molecule has 0 bridgehead atoms. The first kappa shape index (κ1) is 28.2. The van der Waals surface area contributed by atoms with Gasteiger partial charge in [-0.1, -0.05) is 19.1 Å². The first-order chi connectivity index (χ1) is 15.0. The number of anilines is 1. The molecule has 3 rings (SSSR count). The zero-order valence-electron chi connectivity index (χ0n) is 19.1. The summed E-state index contributed by atoms with van der Waals surface area (Å²) in [5, 5.41) is 25.1. The predicted molar refractivity (Wildman–Crippen MR) is 123 cm³/mol. The van der Waals surface area contributed by atoms with Gasteiger partial charge in [-0.05, 0) is 56.5 Å². The largest absolute Gasteiger partial charge is 0.661 e. The molecule has 0 aliphatic heterocycles. The number of pyridine rings is 1. The minimum absolute atomic E-state index is 0. The molecule has 0 amide bonds. The average molecular weight is 610 g/mol. The normalized spacial score (nSPS) is 14.2. The van der Waals surface area contributed by atoms with Gasteiger partial charge in [-0.3, -0.25) is 0 Å². The Morgan fingerprint density at radius 3 is 2.56 bits per heavy atom. The van der Waals surface area contributed by atoms with E-state index < -0.39 is 0 Å². The zero-order valence-corrected chi connectivity index (χ0v) is 22.0. The minimum atomic E-state index is -0.195. The Hall–Kier alpha value is -1.84. The Bertz CT molecular complexity index is 839. The van der Waals surface area contributed by atoms with E-state index in [1.807, 2.05) is 19.1 Å². The Morgan fingerprint density at radius 2 is 2.06 bits per heavy atom. The van der Waals surface area contributed by atoms with Crippen molar-refractivity contribution in [2.24, 2.45) is 0 Å². The van der Waals surface area contributed by atoms with Gasteiger partial charge in [-0.2, -0.15) is 11.8 Å². The van der Waals surface area contributed by atoms with Gasteiger partial charge in [-0.15, -0.1) is 6.54 Å². The summed E-state index contributed by atoms with van der Waals surface area (Å²) in [5.74, 6) is 0.713. The Balaban J connectivity index is 0.000000315. The van der Waals surface area contributed by atoms with Crippen molar-refractivity contribution in [1.82, 2.24) is 10.3 Å². The van der Waals surface area contributed by atoms with Crippen molar-refractivity contribution in [2.45, 2.75) is 45.2 Å². The Kier molecular flexibility index (Phi) is 12.6. The molecule has 1 atom stereocenters. The molecule has 0 spiro atoms. The molecular weight excluding hydrogens is 577 g/mol. The van der Waals surface area contributed by atoms with Gasteiger partial charge in [-0.25, -0.2) is 9.37 Å². The van der Waals surface area contributed by atoms with E-state index in [1.165, 1.54) is 6.07 Å². The second-order valence-electron chi connectivity index (χ2n) is 7.62. The van der Waals surface area contributed by atoms with Crippen LogP contribution in [0, 0.1) is 17.1 Å². The number of likely N-dealkylation sites (N-methyl/N-ethyl adjacent to an activating group) is 2. The maximum atomic E-state index is 13.0. The Labute approximate surface area is 205 Å². The molecule has 32 heavy (non-hydrogen) atoms. The average Bonchev–Trinajstić information content (AvgIpc) is 3.59. The molecule has 1 aromatic carbocycles. The third-order valence-corrected chi connectivity index (χ3v) is 5.36. The van der Waals surface area contributed by atoms with Gasteiger partial charge >= 0.3 is 0 Å². The molecule has 0 saturated heterocycles. The molecule has 2 N–H and O–H groups in total. The van der Waals surface area contributed by atoms with E-state index in [1.54, 1.807) is 24.4 Å².